The summed E-state index contributed by atoms with van der Waals surface area (Å²) in [6.07, 6.45) is -3.79. The molecule has 1 rings (SSSR count). The number of nitrogens with zero attached hydrogens (tertiary/aromatic N) is 2. The first-order chi connectivity index (χ1) is 8.01. The van der Waals surface area contributed by atoms with Gasteiger partial charge >= 0.3 is 6.18 Å². The third-order valence-electron chi connectivity index (χ3n) is 1.55. The average molecular weight is 271 g/mol. The predicted molar refractivity (Wildman–Crippen MR) is 54.4 cm³/mol. The van der Waals surface area contributed by atoms with Crippen LogP contribution in [0.5, 0.6) is 0 Å². The first-order valence-electron chi connectivity index (χ1n) is 4.81. The molecule has 1 aromatic rings. The van der Waals surface area contributed by atoms with Gasteiger partial charge in [0.2, 0.25) is 5.89 Å². The Balaban J connectivity index is 2.04. The Labute approximate surface area is 99.9 Å². The van der Waals surface area contributed by atoms with Gasteiger partial charge in [0.05, 0.1) is 6.54 Å². The molecule has 17 heavy (non-hydrogen) atoms. The molecule has 0 radical (unpaired) electrons. The SMILES string of the molecule is NCc1nnc(SCCCOCC(F)(F)F)o1. The molecule has 0 aliphatic heterocycles. The van der Waals surface area contributed by atoms with Gasteiger partial charge < -0.3 is 14.9 Å². The second kappa shape index (κ2) is 6.82. The summed E-state index contributed by atoms with van der Waals surface area (Å²) in [5.41, 5.74) is 5.27. The summed E-state index contributed by atoms with van der Waals surface area (Å²) in [5, 5.41) is 7.69. The van der Waals surface area contributed by atoms with Crippen LogP contribution in [-0.4, -0.2) is 35.3 Å². The van der Waals surface area contributed by atoms with E-state index in [-0.39, 0.29) is 13.2 Å². The molecule has 0 saturated carbocycles. The Morgan fingerprint density at radius 1 is 1.35 bits per heavy atom. The van der Waals surface area contributed by atoms with E-state index >= 15 is 0 Å². The van der Waals surface area contributed by atoms with E-state index in [1.165, 1.54) is 11.8 Å². The number of aromatic nitrogens is 2. The van der Waals surface area contributed by atoms with E-state index in [2.05, 4.69) is 14.9 Å². The molecule has 0 aliphatic rings. The fourth-order valence-electron chi connectivity index (χ4n) is 0.887. The molecule has 1 aromatic heterocycles. The first-order valence-corrected chi connectivity index (χ1v) is 5.79. The minimum Gasteiger partial charge on any atom is -0.415 e. The Morgan fingerprint density at radius 2 is 2.12 bits per heavy atom. The molecule has 0 fully saturated rings. The average Bonchev–Trinajstić information content (AvgIpc) is 2.69. The number of hydrogen-bond acceptors (Lipinski definition) is 6. The molecule has 1 heterocycles. The third-order valence-corrected chi connectivity index (χ3v) is 2.45. The van der Waals surface area contributed by atoms with Crippen LogP contribution in [0.4, 0.5) is 13.2 Å². The lowest BCUT2D eigenvalue weighted by Gasteiger charge is -2.06. The highest BCUT2D eigenvalue weighted by molar-refractivity contribution is 7.99. The van der Waals surface area contributed by atoms with Crippen LogP contribution in [0.25, 0.3) is 0 Å². The monoisotopic (exact) mass is 271 g/mol. The number of ether oxygens (including phenoxy) is 1. The van der Waals surface area contributed by atoms with Crippen LogP contribution >= 0.6 is 11.8 Å². The molecular weight excluding hydrogens is 259 g/mol. The van der Waals surface area contributed by atoms with Crippen molar-refractivity contribution < 1.29 is 22.3 Å². The second-order valence-corrected chi connectivity index (χ2v) is 4.08. The molecule has 0 atom stereocenters. The Bertz CT molecular complexity index is 332. The van der Waals surface area contributed by atoms with Crippen LogP contribution < -0.4 is 5.73 Å². The summed E-state index contributed by atoms with van der Waals surface area (Å²) < 4.78 is 44.6. The lowest BCUT2D eigenvalue weighted by atomic mass is 10.5. The maximum atomic E-state index is 11.7. The lowest BCUT2D eigenvalue weighted by Crippen LogP contribution is -2.17. The summed E-state index contributed by atoms with van der Waals surface area (Å²) in [6.45, 7) is -0.998. The van der Waals surface area contributed by atoms with Gasteiger partial charge in [0, 0.05) is 12.4 Å². The van der Waals surface area contributed by atoms with Crippen molar-refractivity contribution in [3.05, 3.63) is 5.89 Å². The van der Waals surface area contributed by atoms with Gasteiger partial charge in [0.1, 0.15) is 6.61 Å². The zero-order valence-corrected chi connectivity index (χ0v) is 9.68. The van der Waals surface area contributed by atoms with Crippen LogP contribution in [0.3, 0.4) is 0 Å². The molecular formula is C8H12F3N3O2S. The van der Waals surface area contributed by atoms with Crippen LogP contribution in [0.2, 0.25) is 0 Å². The fraction of sp³-hybridized carbons (Fsp3) is 0.750. The Hall–Kier alpha value is -0.800. The fourth-order valence-corrected chi connectivity index (χ4v) is 1.58. The van der Waals surface area contributed by atoms with E-state index < -0.39 is 12.8 Å². The van der Waals surface area contributed by atoms with E-state index in [4.69, 9.17) is 10.2 Å². The minimum absolute atomic E-state index is 0.0460. The van der Waals surface area contributed by atoms with Crippen molar-refractivity contribution in [2.45, 2.75) is 24.4 Å². The molecule has 0 amide bonds. The zero-order chi connectivity index (χ0) is 12.7. The standard InChI is InChI=1S/C8H12F3N3O2S/c9-8(10,11)5-15-2-1-3-17-7-14-13-6(4-12)16-7/h1-5,12H2. The smallest absolute Gasteiger partial charge is 0.411 e. The number of alkyl halides is 3. The maximum Gasteiger partial charge on any atom is 0.411 e. The highest BCUT2D eigenvalue weighted by atomic mass is 32.2. The quantitative estimate of drug-likeness (QED) is 0.599. The molecule has 0 aliphatic carbocycles. The van der Waals surface area contributed by atoms with Gasteiger partial charge in [0.25, 0.3) is 5.22 Å². The lowest BCUT2D eigenvalue weighted by molar-refractivity contribution is -0.173. The van der Waals surface area contributed by atoms with Crippen LogP contribution in [0, 0.1) is 0 Å². The van der Waals surface area contributed by atoms with Gasteiger partial charge in [-0.05, 0) is 6.42 Å². The van der Waals surface area contributed by atoms with E-state index in [9.17, 15) is 13.2 Å². The highest BCUT2D eigenvalue weighted by Crippen LogP contribution is 2.17. The van der Waals surface area contributed by atoms with Gasteiger partial charge in [-0.15, -0.1) is 10.2 Å². The van der Waals surface area contributed by atoms with Gasteiger partial charge in [-0.3, -0.25) is 0 Å². The number of hydrogen-bond donors (Lipinski definition) is 1. The van der Waals surface area contributed by atoms with E-state index in [0.717, 1.165) is 0 Å². The third kappa shape index (κ3) is 6.49. The Kier molecular flexibility index (Phi) is 5.72. The van der Waals surface area contributed by atoms with Crippen LogP contribution in [0.15, 0.2) is 9.64 Å². The number of nitrogens with two attached hydrogens (primary N) is 1. The van der Waals surface area contributed by atoms with Crippen molar-refractivity contribution in [1.29, 1.82) is 0 Å². The second-order valence-electron chi connectivity index (χ2n) is 3.04. The van der Waals surface area contributed by atoms with E-state index in [0.29, 0.717) is 23.3 Å². The van der Waals surface area contributed by atoms with Crippen molar-refractivity contribution in [3.63, 3.8) is 0 Å². The molecule has 2 N–H and O–H groups in total. The molecule has 9 heteroatoms. The van der Waals surface area contributed by atoms with Crippen LogP contribution in [0.1, 0.15) is 12.3 Å². The van der Waals surface area contributed by atoms with Crippen molar-refractivity contribution in [2.75, 3.05) is 19.0 Å². The molecule has 98 valence electrons. The molecule has 0 aromatic carbocycles. The number of thioether (sulfide) groups is 1. The molecule has 0 unspecified atom stereocenters. The van der Waals surface area contributed by atoms with Gasteiger partial charge in [-0.25, -0.2) is 0 Å². The van der Waals surface area contributed by atoms with Gasteiger partial charge in [-0.2, -0.15) is 13.2 Å². The number of halogens is 3. The normalized spacial score (nSPS) is 12.0. The summed E-state index contributed by atoms with van der Waals surface area (Å²) in [7, 11) is 0. The first kappa shape index (κ1) is 14.3. The Morgan fingerprint density at radius 3 is 2.71 bits per heavy atom. The van der Waals surface area contributed by atoms with Gasteiger partial charge in [-0.1, -0.05) is 11.8 Å². The van der Waals surface area contributed by atoms with Gasteiger partial charge in [0.15, 0.2) is 0 Å². The van der Waals surface area contributed by atoms with Crippen molar-refractivity contribution in [2.24, 2.45) is 5.73 Å². The molecule has 0 saturated heterocycles. The molecule has 5 nitrogen and oxygen atoms in total. The van der Waals surface area contributed by atoms with Crippen LogP contribution in [-0.2, 0) is 11.3 Å². The topological polar surface area (TPSA) is 74.2 Å². The maximum absolute atomic E-state index is 11.7. The van der Waals surface area contributed by atoms with E-state index in [1.54, 1.807) is 0 Å². The highest BCUT2D eigenvalue weighted by Gasteiger charge is 2.27. The molecule has 0 spiro atoms. The van der Waals surface area contributed by atoms with Crippen molar-refractivity contribution in [1.82, 2.24) is 10.2 Å². The predicted octanol–water partition coefficient (Wildman–Crippen LogP) is 1.59. The van der Waals surface area contributed by atoms with E-state index in [1.807, 2.05) is 0 Å². The largest absolute Gasteiger partial charge is 0.415 e. The van der Waals surface area contributed by atoms with Crippen molar-refractivity contribution >= 4 is 11.8 Å². The minimum atomic E-state index is -4.27. The summed E-state index contributed by atoms with van der Waals surface area (Å²) >= 11 is 1.26. The summed E-state index contributed by atoms with van der Waals surface area (Å²) in [6, 6.07) is 0. The number of rotatable bonds is 7. The zero-order valence-electron chi connectivity index (χ0n) is 8.87. The molecule has 0 bridgehead atoms. The van der Waals surface area contributed by atoms with Crippen molar-refractivity contribution in [3.8, 4) is 0 Å². The summed E-state index contributed by atoms with van der Waals surface area (Å²) in [4.78, 5) is 0. The summed E-state index contributed by atoms with van der Waals surface area (Å²) in [5.74, 6) is 0.880.